The van der Waals surface area contributed by atoms with Gasteiger partial charge in [0, 0.05) is 12.2 Å². The SMILES string of the molecule is C=C1CC(CCC(C)n2ccc3c(N)ncnc32)C1. The standard InChI is InChI=1S/C15H20N4/c1-10-7-12(8-10)4-3-11(2)19-6-5-13-14(16)17-9-18-15(13)19/h5-6,9,11-12H,1,3-4,7-8H2,2H3,(H2,16,17,18). The average Bonchev–Trinajstić information content (AvgIpc) is 2.78. The van der Waals surface area contributed by atoms with Crippen LogP contribution >= 0.6 is 0 Å². The Bertz CT molecular complexity index is 606. The number of aromatic nitrogens is 3. The van der Waals surface area contributed by atoms with E-state index in [1.54, 1.807) is 0 Å². The van der Waals surface area contributed by atoms with E-state index in [2.05, 4.69) is 34.2 Å². The minimum atomic E-state index is 0.445. The molecule has 2 aromatic rings. The first-order valence-corrected chi connectivity index (χ1v) is 6.89. The Morgan fingerprint density at radius 1 is 1.47 bits per heavy atom. The highest BCUT2D eigenvalue weighted by molar-refractivity contribution is 5.86. The Morgan fingerprint density at radius 2 is 2.26 bits per heavy atom. The number of hydrogen-bond acceptors (Lipinski definition) is 3. The first kappa shape index (κ1) is 12.2. The molecule has 100 valence electrons. The van der Waals surface area contributed by atoms with Gasteiger partial charge in [-0.3, -0.25) is 0 Å². The lowest BCUT2D eigenvalue weighted by Gasteiger charge is -2.29. The fourth-order valence-corrected chi connectivity index (χ4v) is 2.92. The van der Waals surface area contributed by atoms with Crippen molar-refractivity contribution in [1.82, 2.24) is 14.5 Å². The van der Waals surface area contributed by atoms with Crippen LogP contribution in [0.15, 0.2) is 30.7 Å². The maximum atomic E-state index is 5.86. The quantitative estimate of drug-likeness (QED) is 0.854. The fourth-order valence-electron chi connectivity index (χ4n) is 2.92. The zero-order chi connectivity index (χ0) is 13.4. The molecule has 0 amide bonds. The molecule has 4 heteroatoms. The van der Waals surface area contributed by atoms with Crippen LogP contribution in [0.5, 0.6) is 0 Å². The van der Waals surface area contributed by atoms with Crippen LogP contribution < -0.4 is 5.73 Å². The summed E-state index contributed by atoms with van der Waals surface area (Å²) in [6.45, 7) is 6.24. The number of allylic oxidation sites excluding steroid dienone is 1. The van der Waals surface area contributed by atoms with E-state index in [9.17, 15) is 0 Å². The van der Waals surface area contributed by atoms with Crippen LogP contribution in [0.3, 0.4) is 0 Å². The molecule has 1 aliphatic carbocycles. The van der Waals surface area contributed by atoms with Crippen LogP contribution in [0.25, 0.3) is 11.0 Å². The maximum absolute atomic E-state index is 5.86. The molecule has 0 aromatic carbocycles. The summed E-state index contributed by atoms with van der Waals surface area (Å²) in [5.74, 6) is 1.41. The molecule has 0 saturated heterocycles. The molecule has 1 fully saturated rings. The fraction of sp³-hybridized carbons (Fsp3) is 0.467. The van der Waals surface area contributed by atoms with Crippen molar-refractivity contribution < 1.29 is 0 Å². The number of rotatable bonds is 4. The third-order valence-electron chi connectivity index (χ3n) is 4.16. The summed E-state index contributed by atoms with van der Waals surface area (Å²) in [6, 6.07) is 2.45. The highest BCUT2D eigenvalue weighted by Crippen LogP contribution is 2.36. The Morgan fingerprint density at radius 3 is 3.00 bits per heavy atom. The molecule has 1 saturated carbocycles. The van der Waals surface area contributed by atoms with E-state index >= 15 is 0 Å². The zero-order valence-corrected chi connectivity index (χ0v) is 11.3. The third kappa shape index (κ3) is 2.23. The van der Waals surface area contributed by atoms with E-state index in [-0.39, 0.29) is 0 Å². The Labute approximate surface area is 113 Å². The van der Waals surface area contributed by atoms with Crippen molar-refractivity contribution in [3.05, 3.63) is 30.7 Å². The normalized spacial score (nSPS) is 17.6. The predicted octanol–water partition coefficient (Wildman–Crippen LogP) is 3.32. The number of nitrogen functional groups attached to an aromatic ring is 1. The van der Waals surface area contributed by atoms with E-state index < -0.39 is 0 Å². The van der Waals surface area contributed by atoms with Crippen LogP contribution in [0.2, 0.25) is 0 Å². The summed E-state index contributed by atoms with van der Waals surface area (Å²) in [6.07, 6.45) is 8.48. The van der Waals surface area contributed by atoms with Crippen LogP contribution in [-0.4, -0.2) is 14.5 Å². The molecule has 1 atom stereocenters. The molecule has 2 N–H and O–H groups in total. The number of hydrogen-bond donors (Lipinski definition) is 1. The number of anilines is 1. The van der Waals surface area contributed by atoms with Crippen molar-refractivity contribution in [3.63, 3.8) is 0 Å². The molecule has 0 aliphatic heterocycles. The van der Waals surface area contributed by atoms with Gasteiger partial charge in [0.1, 0.15) is 17.8 Å². The van der Waals surface area contributed by atoms with Crippen molar-refractivity contribution in [2.75, 3.05) is 5.73 Å². The Kier molecular flexibility index (Phi) is 3.01. The van der Waals surface area contributed by atoms with Gasteiger partial charge in [-0.2, -0.15) is 0 Å². The van der Waals surface area contributed by atoms with Crippen molar-refractivity contribution >= 4 is 16.9 Å². The Hall–Kier alpha value is -1.84. The number of fused-ring (bicyclic) bond motifs is 1. The van der Waals surface area contributed by atoms with Gasteiger partial charge in [0.2, 0.25) is 0 Å². The first-order chi connectivity index (χ1) is 9.15. The molecule has 2 aromatic heterocycles. The van der Waals surface area contributed by atoms with Gasteiger partial charge >= 0.3 is 0 Å². The van der Waals surface area contributed by atoms with Crippen molar-refractivity contribution in [2.24, 2.45) is 5.92 Å². The molecule has 1 aliphatic rings. The van der Waals surface area contributed by atoms with Crippen molar-refractivity contribution in [2.45, 2.75) is 38.6 Å². The third-order valence-corrected chi connectivity index (χ3v) is 4.16. The van der Waals surface area contributed by atoms with E-state index in [1.165, 1.54) is 37.6 Å². The van der Waals surface area contributed by atoms with Crippen molar-refractivity contribution in [1.29, 1.82) is 0 Å². The van der Waals surface area contributed by atoms with Crippen molar-refractivity contribution in [3.8, 4) is 0 Å². The lowest BCUT2D eigenvalue weighted by Crippen LogP contribution is -2.15. The summed E-state index contributed by atoms with van der Waals surface area (Å²) in [4.78, 5) is 8.38. The molecule has 0 radical (unpaired) electrons. The van der Waals surface area contributed by atoms with E-state index in [0.29, 0.717) is 11.9 Å². The smallest absolute Gasteiger partial charge is 0.145 e. The summed E-state index contributed by atoms with van der Waals surface area (Å²) >= 11 is 0. The van der Waals surface area contributed by atoms with Gasteiger partial charge in [0.15, 0.2) is 0 Å². The maximum Gasteiger partial charge on any atom is 0.145 e. The number of nitrogens with two attached hydrogens (primary N) is 1. The first-order valence-electron chi connectivity index (χ1n) is 6.89. The van der Waals surface area contributed by atoms with Crippen LogP contribution in [0.1, 0.15) is 38.6 Å². The zero-order valence-electron chi connectivity index (χ0n) is 11.3. The summed E-state index contributed by atoms with van der Waals surface area (Å²) in [5, 5.41) is 0.950. The molecule has 0 bridgehead atoms. The van der Waals surface area contributed by atoms with Gasteiger partial charge in [-0.25, -0.2) is 9.97 Å². The number of nitrogens with zero attached hydrogens (tertiary/aromatic N) is 3. The second-order valence-corrected chi connectivity index (χ2v) is 5.67. The van der Waals surface area contributed by atoms with E-state index in [0.717, 1.165) is 17.0 Å². The summed E-state index contributed by atoms with van der Waals surface area (Å²) in [5.41, 5.74) is 8.21. The largest absolute Gasteiger partial charge is 0.383 e. The lowest BCUT2D eigenvalue weighted by atomic mass is 9.78. The monoisotopic (exact) mass is 256 g/mol. The summed E-state index contributed by atoms with van der Waals surface area (Å²) in [7, 11) is 0. The topological polar surface area (TPSA) is 56.7 Å². The molecule has 19 heavy (non-hydrogen) atoms. The molecule has 1 unspecified atom stereocenters. The summed E-state index contributed by atoms with van der Waals surface area (Å²) < 4.78 is 2.21. The highest BCUT2D eigenvalue weighted by atomic mass is 15.1. The molecule has 2 heterocycles. The van der Waals surface area contributed by atoms with Gasteiger partial charge in [-0.05, 0) is 44.6 Å². The molecular weight excluding hydrogens is 236 g/mol. The van der Waals surface area contributed by atoms with Gasteiger partial charge in [-0.1, -0.05) is 12.2 Å². The average molecular weight is 256 g/mol. The second kappa shape index (κ2) is 4.68. The Balaban J connectivity index is 1.72. The highest BCUT2D eigenvalue weighted by Gasteiger charge is 2.22. The molecule has 0 spiro atoms. The minimum Gasteiger partial charge on any atom is -0.383 e. The molecular formula is C15H20N4. The van der Waals surface area contributed by atoms with E-state index in [4.69, 9.17) is 5.73 Å². The van der Waals surface area contributed by atoms with Gasteiger partial charge in [0.05, 0.1) is 5.39 Å². The predicted molar refractivity (Wildman–Crippen MR) is 77.7 cm³/mol. The second-order valence-electron chi connectivity index (χ2n) is 5.67. The minimum absolute atomic E-state index is 0.445. The van der Waals surface area contributed by atoms with Crippen LogP contribution in [-0.2, 0) is 0 Å². The lowest BCUT2D eigenvalue weighted by molar-refractivity contribution is 0.347. The molecule has 4 nitrogen and oxygen atoms in total. The van der Waals surface area contributed by atoms with Gasteiger partial charge in [0.25, 0.3) is 0 Å². The van der Waals surface area contributed by atoms with Gasteiger partial charge < -0.3 is 10.3 Å². The van der Waals surface area contributed by atoms with Gasteiger partial charge in [-0.15, -0.1) is 0 Å². The van der Waals surface area contributed by atoms with Crippen LogP contribution in [0, 0.1) is 5.92 Å². The van der Waals surface area contributed by atoms with Crippen LogP contribution in [0.4, 0.5) is 5.82 Å². The van der Waals surface area contributed by atoms with E-state index in [1.807, 2.05) is 6.07 Å². The molecule has 3 rings (SSSR count).